The zero-order valence-electron chi connectivity index (χ0n) is 11.9. The summed E-state index contributed by atoms with van der Waals surface area (Å²) in [5, 5.41) is 3.44. The van der Waals surface area contributed by atoms with Crippen LogP contribution in [0.25, 0.3) is 0 Å². The second kappa shape index (κ2) is 5.35. The summed E-state index contributed by atoms with van der Waals surface area (Å²) in [6.45, 7) is 0.962. The van der Waals surface area contributed by atoms with E-state index in [2.05, 4.69) is 5.32 Å². The second-order valence-electron chi connectivity index (χ2n) is 6.01. The quantitative estimate of drug-likeness (QED) is 0.618. The third-order valence-corrected chi connectivity index (χ3v) is 4.46. The molecule has 0 unspecified atom stereocenters. The molecule has 2 aliphatic rings. The summed E-state index contributed by atoms with van der Waals surface area (Å²) >= 11 is 0. The summed E-state index contributed by atoms with van der Waals surface area (Å²) in [7, 11) is 1.39. The zero-order valence-corrected chi connectivity index (χ0v) is 11.9. The Bertz CT molecular complexity index is 495. The molecular formula is C16H22N2O2. The lowest BCUT2D eigenvalue weighted by Crippen LogP contribution is -2.19. The van der Waals surface area contributed by atoms with Gasteiger partial charge in [-0.2, -0.15) is 0 Å². The van der Waals surface area contributed by atoms with Crippen molar-refractivity contribution in [2.75, 3.05) is 24.7 Å². The van der Waals surface area contributed by atoms with E-state index in [-0.39, 0.29) is 5.97 Å². The molecule has 0 amide bonds. The fraction of sp³-hybridized carbons (Fsp3) is 0.562. The predicted molar refractivity (Wildman–Crippen MR) is 79.6 cm³/mol. The van der Waals surface area contributed by atoms with Crippen molar-refractivity contribution in [3.8, 4) is 0 Å². The number of nitrogen functional groups attached to an aromatic ring is 1. The minimum absolute atomic E-state index is 0.325. The Kier molecular flexibility index (Phi) is 3.55. The molecule has 1 aromatic carbocycles. The average Bonchev–Trinajstić information content (AvgIpc) is 3.33. The minimum atomic E-state index is -0.325. The fourth-order valence-electron chi connectivity index (χ4n) is 2.95. The van der Waals surface area contributed by atoms with Crippen LogP contribution in [0.15, 0.2) is 18.2 Å². The van der Waals surface area contributed by atoms with E-state index in [1.807, 2.05) is 0 Å². The van der Waals surface area contributed by atoms with Crippen molar-refractivity contribution in [3.05, 3.63) is 23.8 Å². The van der Waals surface area contributed by atoms with Gasteiger partial charge >= 0.3 is 5.97 Å². The summed E-state index contributed by atoms with van der Waals surface area (Å²) in [6, 6.07) is 5.25. The Morgan fingerprint density at radius 3 is 2.55 bits per heavy atom. The number of carbonyl (C=O) groups is 1. The number of hydrogen-bond donors (Lipinski definition) is 2. The third-order valence-electron chi connectivity index (χ3n) is 4.46. The first-order valence-electron chi connectivity index (χ1n) is 7.40. The Balaban J connectivity index is 1.67. The van der Waals surface area contributed by atoms with E-state index in [1.54, 1.807) is 18.2 Å². The molecule has 0 heterocycles. The number of ether oxygens (including phenoxy) is 1. The summed E-state index contributed by atoms with van der Waals surface area (Å²) in [5.41, 5.74) is 8.06. The molecule has 4 heteroatoms. The number of nitrogens with one attached hydrogen (secondary N) is 1. The van der Waals surface area contributed by atoms with Crippen LogP contribution in [0.2, 0.25) is 0 Å². The van der Waals surface area contributed by atoms with Crippen molar-refractivity contribution >= 4 is 17.3 Å². The van der Waals surface area contributed by atoms with Gasteiger partial charge in [0, 0.05) is 6.54 Å². The first kappa shape index (κ1) is 13.3. The number of anilines is 2. The maximum absolute atomic E-state index is 11.6. The largest absolute Gasteiger partial charge is 0.465 e. The van der Waals surface area contributed by atoms with Gasteiger partial charge in [-0.3, -0.25) is 0 Å². The number of esters is 1. The highest BCUT2D eigenvalue weighted by atomic mass is 16.5. The topological polar surface area (TPSA) is 64.3 Å². The minimum Gasteiger partial charge on any atom is -0.465 e. The maximum atomic E-state index is 11.6. The molecule has 0 atom stereocenters. The van der Waals surface area contributed by atoms with Crippen molar-refractivity contribution < 1.29 is 9.53 Å². The predicted octanol–water partition coefficient (Wildman–Crippen LogP) is 2.90. The van der Waals surface area contributed by atoms with Crippen molar-refractivity contribution in [1.29, 1.82) is 0 Å². The van der Waals surface area contributed by atoms with Crippen LogP contribution in [0, 0.1) is 17.8 Å². The van der Waals surface area contributed by atoms with Gasteiger partial charge < -0.3 is 15.8 Å². The average molecular weight is 274 g/mol. The van der Waals surface area contributed by atoms with Gasteiger partial charge in [0.25, 0.3) is 0 Å². The van der Waals surface area contributed by atoms with E-state index >= 15 is 0 Å². The SMILES string of the molecule is COC(=O)c1ccc(N)c(NCC(C2CC2)C2CC2)c1. The van der Waals surface area contributed by atoms with Crippen molar-refractivity contribution in [3.63, 3.8) is 0 Å². The van der Waals surface area contributed by atoms with Gasteiger partial charge in [0.2, 0.25) is 0 Å². The Hall–Kier alpha value is -1.71. The van der Waals surface area contributed by atoms with Crippen LogP contribution in [0.4, 0.5) is 11.4 Å². The maximum Gasteiger partial charge on any atom is 0.337 e. The van der Waals surface area contributed by atoms with Gasteiger partial charge in [0.15, 0.2) is 0 Å². The van der Waals surface area contributed by atoms with Gasteiger partial charge in [0.1, 0.15) is 0 Å². The van der Waals surface area contributed by atoms with Crippen molar-refractivity contribution in [2.24, 2.45) is 17.8 Å². The number of methoxy groups -OCH3 is 1. The lowest BCUT2D eigenvalue weighted by Gasteiger charge is -2.18. The van der Waals surface area contributed by atoms with Gasteiger partial charge in [-0.05, 0) is 61.6 Å². The molecule has 3 N–H and O–H groups in total. The number of hydrogen-bond acceptors (Lipinski definition) is 4. The zero-order chi connectivity index (χ0) is 14.1. The van der Waals surface area contributed by atoms with Gasteiger partial charge in [-0.1, -0.05) is 0 Å². The van der Waals surface area contributed by atoms with Crippen LogP contribution >= 0.6 is 0 Å². The molecule has 0 saturated heterocycles. The van der Waals surface area contributed by atoms with Gasteiger partial charge in [-0.25, -0.2) is 4.79 Å². The highest BCUT2D eigenvalue weighted by Gasteiger charge is 2.41. The van der Waals surface area contributed by atoms with E-state index in [1.165, 1.54) is 32.8 Å². The summed E-state index contributed by atoms with van der Waals surface area (Å²) in [6.07, 6.45) is 5.50. The molecule has 0 aliphatic heterocycles. The monoisotopic (exact) mass is 274 g/mol. The molecule has 0 spiro atoms. The molecule has 3 rings (SSSR count). The molecule has 2 aliphatic carbocycles. The van der Waals surface area contributed by atoms with Crippen LogP contribution in [0.3, 0.4) is 0 Å². The number of rotatable bonds is 6. The van der Waals surface area contributed by atoms with Crippen LogP contribution in [-0.2, 0) is 4.74 Å². The second-order valence-corrected chi connectivity index (χ2v) is 6.01. The smallest absolute Gasteiger partial charge is 0.337 e. The van der Waals surface area contributed by atoms with Crippen LogP contribution in [-0.4, -0.2) is 19.6 Å². The third kappa shape index (κ3) is 2.89. The summed E-state index contributed by atoms with van der Waals surface area (Å²) < 4.78 is 4.75. The fourth-order valence-corrected chi connectivity index (χ4v) is 2.95. The van der Waals surface area contributed by atoms with E-state index in [9.17, 15) is 4.79 Å². The van der Waals surface area contributed by atoms with Crippen LogP contribution in [0.5, 0.6) is 0 Å². The van der Waals surface area contributed by atoms with Crippen LogP contribution < -0.4 is 11.1 Å². The molecule has 0 bridgehead atoms. The molecule has 1 aromatic rings. The Labute approximate surface area is 119 Å². The standard InChI is InChI=1S/C16H22N2O2/c1-20-16(19)12-6-7-14(17)15(8-12)18-9-13(10-2-3-10)11-4-5-11/h6-8,10-11,13,18H,2-5,9,17H2,1H3. The first-order valence-corrected chi connectivity index (χ1v) is 7.40. The summed E-state index contributed by atoms with van der Waals surface area (Å²) in [5.74, 6) is 2.25. The molecule has 4 nitrogen and oxygen atoms in total. The lowest BCUT2D eigenvalue weighted by atomic mass is 9.98. The van der Waals surface area contributed by atoms with Crippen molar-refractivity contribution in [2.45, 2.75) is 25.7 Å². The molecule has 2 fully saturated rings. The van der Waals surface area contributed by atoms with Crippen LogP contribution in [0.1, 0.15) is 36.0 Å². The van der Waals surface area contributed by atoms with Crippen molar-refractivity contribution in [1.82, 2.24) is 0 Å². The van der Waals surface area contributed by atoms with Gasteiger partial charge in [-0.15, -0.1) is 0 Å². The molecule has 0 aromatic heterocycles. The summed E-state index contributed by atoms with van der Waals surface area (Å²) in [4.78, 5) is 11.6. The van der Waals surface area contributed by atoms with E-state index in [4.69, 9.17) is 10.5 Å². The number of carbonyl (C=O) groups excluding carboxylic acids is 1. The van der Waals surface area contributed by atoms with E-state index in [0.29, 0.717) is 11.3 Å². The highest BCUT2D eigenvalue weighted by molar-refractivity contribution is 5.91. The Morgan fingerprint density at radius 1 is 1.35 bits per heavy atom. The molecule has 108 valence electrons. The highest BCUT2D eigenvalue weighted by Crippen LogP contribution is 2.49. The lowest BCUT2D eigenvalue weighted by molar-refractivity contribution is 0.0601. The molecular weight excluding hydrogens is 252 g/mol. The first-order chi connectivity index (χ1) is 9.69. The Morgan fingerprint density at radius 2 is 2.00 bits per heavy atom. The molecule has 20 heavy (non-hydrogen) atoms. The van der Waals surface area contributed by atoms with E-state index in [0.717, 1.165) is 30.0 Å². The molecule has 0 radical (unpaired) electrons. The normalized spacial score (nSPS) is 18.1. The van der Waals surface area contributed by atoms with Gasteiger partial charge in [0.05, 0.1) is 24.0 Å². The number of nitrogens with two attached hydrogens (primary N) is 1. The van der Waals surface area contributed by atoms with E-state index < -0.39 is 0 Å². The number of benzene rings is 1. The molecule has 2 saturated carbocycles.